The second-order valence-corrected chi connectivity index (χ2v) is 6.64. The van der Waals surface area contributed by atoms with E-state index in [1.165, 1.54) is 36.2 Å². The molecule has 2 aromatic rings. The third-order valence-electron chi connectivity index (χ3n) is 4.26. The summed E-state index contributed by atoms with van der Waals surface area (Å²) < 4.78 is 1.29. The fraction of sp³-hybridized carbons (Fsp3) is 0.562. The Bertz CT molecular complexity index is 566. The minimum absolute atomic E-state index is 0.371. The van der Waals surface area contributed by atoms with Gasteiger partial charge in [-0.2, -0.15) is 0 Å². The Balaban J connectivity index is 1.67. The van der Waals surface area contributed by atoms with Crippen LogP contribution < -0.4 is 5.32 Å². The van der Waals surface area contributed by atoms with E-state index in [0.29, 0.717) is 12.1 Å². The molecule has 0 saturated carbocycles. The molecule has 2 atom stereocenters. The molecule has 3 heterocycles. The number of rotatable bonds is 4. The maximum absolute atomic E-state index is 4.55. The number of fused-ring (bicyclic) bond motifs is 1. The first kappa shape index (κ1) is 14.0. The van der Waals surface area contributed by atoms with E-state index in [2.05, 4.69) is 46.6 Å². The summed E-state index contributed by atoms with van der Waals surface area (Å²) in [6.07, 6.45) is 4.61. The van der Waals surface area contributed by atoms with Gasteiger partial charge in [0.15, 0.2) is 0 Å². The SMILES string of the molecule is CCN1CCCC(NC(C)c2cnc3ccsc3c2)C1. The zero-order chi connectivity index (χ0) is 13.9. The van der Waals surface area contributed by atoms with Crippen molar-refractivity contribution in [3.63, 3.8) is 0 Å². The van der Waals surface area contributed by atoms with Crippen molar-refractivity contribution in [2.24, 2.45) is 0 Å². The molecule has 1 fully saturated rings. The van der Waals surface area contributed by atoms with Gasteiger partial charge in [0.25, 0.3) is 0 Å². The lowest BCUT2D eigenvalue weighted by atomic mass is 10.0. The average Bonchev–Trinajstić information content (AvgIpc) is 2.94. The Morgan fingerprint density at radius 2 is 2.45 bits per heavy atom. The lowest BCUT2D eigenvalue weighted by Crippen LogP contribution is -2.46. The molecule has 0 amide bonds. The Morgan fingerprint density at radius 3 is 3.30 bits per heavy atom. The van der Waals surface area contributed by atoms with Gasteiger partial charge in [-0.1, -0.05) is 6.92 Å². The predicted molar refractivity (Wildman–Crippen MR) is 86.3 cm³/mol. The van der Waals surface area contributed by atoms with Crippen LogP contribution in [0.5, 0.6) is 0 Å². The maximum atomic E-state index is 4.55. The summed E-state index contributed by atoms with van der Waals surface area (Å²) in [7, 11) is 0. The number of nitrogens with zero attached hydrogens (tertiary/aromatic N) is 2. The molecule has 3 rings (SSSR count). The average molecular weight is 289 g/mol. The van der Waals surface area contributed by atoms with E-state index in [4.69, 9.17) is 0 Å². The summed E-state index contributed by atoms with van der Waals surface area (Å²) >= 11 is 1.77. The van der Waals surface area contributed by atoms with Gasteiger partial charge in [-0.25, -0.2) is 0 Å². The van der Waals surface area contributed by atoms with Crippen LogP contribution >= 0.6 is 11.3 Å². The van der Waals surface area contributed by atoms with E-state index in [-0.39, 0.29) is 0 Å². The van der Waals surface area contributed by atoms with Crippen LogP contribution in [0.3, 0.4) is 0 Å². The minimum atomic E-state index is 0.371. The van der Waals surface area contributed by atoms with Gasteiger partial charge in [-0.3, -0.25) is 4.98 Å². The molecule has 0 radical (unpaired) electrons. The van der Waals surface area contributed by atoms with Crippen molar-refractivity contribution < 1.29 is 0 Å². The summed E-state index contributed by atoms with van der Waals surface area (Å²) in [6.45, 7) is 8.10. The lowest BCUT2D eigenvalue weighted by molar-refractivity contribution is 0.192. The van der Waals surface area contributed by atoms with Crippen LogP contribution in [0.25, 0.3) is 10.2 Å². The lowest BCUT2D eigenvalue weighted by Gasteiger charge is -2.34. The Kier molecular flexibility index (Phi) is 4.34. The number of piperidine rings is 1. The van der Waals surface area contributed by atoms with E-state index in [1.54, 1.807) is 11.3 Å². The quantitative estimate of drug-likeness (QED) is 0.934. The van der Waals surface area contributed by atoms with Crippen molar-refractivity contribution in [2.75, 3.05) is 19.6 Å². The molecular weight excluding hydrogens is 266 g/mol. The van der Waals surface area contributed by atoms with Crippen LogP contribution in [0.15, 0.2) is 23.7 Å². The van der Waals surface area contributed by atoms with Crippen molar-refractivity contribution in [2.45, 2.75) is 38.8 Å². The zero-order valence-electron chi connectivity index (χ0n) is 12.3. The molecule has 4 heteroatoms. The van der Waals surface area contributed by atoms with Gasteiger partial charge < -0.3 is 10.2 Å². The summed E-state index contributed by atoms with van der Waals surface area (Å²) in [6, 6.07) is 5.35. The Labute approximate surface area is 125 Å². The van der Waals surface area contributed by atoms with Crippen molar-refractivity contribution in [3.05, 3.63) is 29.3 Å². The number of likely N-dealkylation sites (tertiary alicyclic amines) is 1. The number of aromatic nitrogens is 1. The largest absolute Gasteiger partial charge is 0.306 e. The molecule has 1 saturated heterocycles. The van der Waals surface area contributed by atoms with Gasteiger partial charge in [0.05, 0.1) is 10.2 Å². The van der Waals surface area contributed by atoms with Crippen LogP contribution in [-0.4, -0.2) is 35.6 Å². The normalized spacial score (nSPS) is 22.2. The molecule has 2 aromatic heterocycles. The first-order valence-electron chi connectivity index (χ1n) is 7.58. The van der Waals surface area contributed by atoms with Crippen molar-refractivity contribution in [1.82, 2.24) is 15.2 Å². The van der Waals surface area contributed by atoms with Crippen molar-refractivity contribution in [3.8, 4) is 0 Å². The van der Waals surface area contributed by atoms with Crippen LogP contribution in [0.2, 0.25) is 0 Å². The maximum Gasteiger partial charge on any atom is 0.0809 e. The predicted octanol–water partition coefficient (Wildman–Crippen LogP) is 3.43. The van der Waals surface area contributed by atoms with Crippen LogP contribution in [0.4, 0.5) is 0 Å². The number of nitrogens with one attached hydrogen (secondary N) is 1. The molecule has 0 aliphatic carbocycles. The van der Waals surface area contributed by atoms with Gasteiger partial charge >= 0.3 is 0 Å². The standard InChI is InChI=1S/C16H23N3S/c1-3-19-7-4-5-14(11-19)18-12(2)13-9-16-15(17-10-13)6-8-20-16/h6,8-10,12,14,18H,3-5,7,11H2,1-2H3. The molecule has 108 valence electrons. The van der Waals surface area contributed by atoms with E-state index in [0.717, 1.165) is 12.1 Å². The third-order valence-corrected chi connectivity index (χ3v) is 5.12. The number of hydrogen-bond acceptors (Lipinski definition) is 4. The third kappa shape index (κ3) is 3.03. The fourth-order valence-corrected chi connectivity index (χ4v) is 3.82. The van der Waals surface area contributed by atoms with E-state index in [9.17, 15) is 0 Å². The van der Waals surface area contributed by atoms with Gasteiger partial charge in [0.2, 0.25) is 0 Å². The van der Waals surface area contributed by atoms with Crippen LogP contribution in [0.1, 0.15) is 38.3 Å². The summed E-state index contributed by atoms with van der Waals surface area (Å²) in [5.41, 5.74) is 2.41. The molecule has 0 bridgehead atoms. The fourth-order valence-electron chi connectivity index (χ4n) is 3.03. The highest BCUT2D eigenvalue weighted by Gasteiger charge is 2.20. The zero-order valence-corrected chi connectivity index (χ0v) is 13.1. The molecule has 0 aromatic carbocycles. The smallest absolute Gasteiger partial charge is 0.0809 e. The van der Waals surface area contributed by atoms with Crippen molar-refractivity contribution in [1.29, 1.82) is 0 Å². The molecule has 20 heavy (non-hydrogen) atoms. The van der Waals surface area contributed by atoms with Gasteiger partial charge in [0, 0.05) is 24.8 Å². The summed E-state index contributed by atoms with van der Waals surface area (Å²) in [5, 5.41) is 5.89. The number of pyridine rings is 1. The number of thiophene rings is 1. The highest BCUT2D eigenvalue weighted by atomic mass is 32.1. The first-order chi connectivity index (χ1) is 9.76. The highest BCUT2D eigenvalue weighted by Crippen LogP contribution is 2.23. The second-order valence-electron chi connectivity index (χ2n) is 5.69. The molecule has 1 aliphatic heterocycles. The molecule has 0 spiro atoms. The number of hydrogen-bond donors (Lipinski definition) is 1. The van der Waals surface area contributed by atoms with E-state index < -0.39 is 0 Å². The molecule has 2 unspecified atom stereocenters. The minimum Gasteiger partial charge on any atom is -0.306 e. The van der Waals surface area contributed by atoms with Crippen LogP contribution in [-0.2, 0) is 0 Å². The molecular formula is C16H23N3S. The van der Waals surface area contributed by atoms with Crippen LogP contribution in [0, 0.1) is 0 Å². The topological polar surface area (TPSA) is 28.2 Å². The molecule has 1 N–H and O–H groups in total. The summed E-state index contributed by atoms with van der Waals surface area (Å²) in [5.74, 6) is 0. The second kappa shape index (κ2) is 6.20. The Morgan fingerprint density at radius 1 is 1.55 bits per heavy atom. The van der Waals surface area contributed by atoms with E-state index in [1.807, 2.05) is 6.20 Å². The monoisotopic (exact) mass is 289 g/mol. The van der Waals surface area contributed by atoms with Gasteiger partial charge in [0.1, 0.15) is 0 Å². The molecule has 1 aliphatic rings. The molecule has 3 nitrogen and oxygen atoms in total. The van der Waals surface area contributed by atoms with Crippen molar-refractivity contribution >= 4 is 21.6 Å². The van der Waals surface area contributed by atoms with Gasteiger partial charge in [-0.05, 0) is 55.9 Å². The first-order valence-corrected chi connectivity index (χ1v) is 8.45. The van der Waals surface area contributed by atoms with E-state index >= 15 is 0 Å². The van der Waals surface area contributed by atoms with Gasteiger partial charge in [-0.15, -0.1) is 11.3 Å². The summed E-state index contributed by atoms with van der Waals surface area (Å²) in [4.78, 5) is 7.08. The number of likely N-dealkylation sites (N-methyl/N-ethyl adjacent to an activating group) is 1. The Hall–Kier alpha value is -0.970. The highest BCUT2D eigenvalue weighted by molar-refractivity contribution is 7.17.